The number of aliphatic hydroxyl groups is 1. The lowest BCUT2D eigenvalue weighted by atomic mass is 9.88. The zero-order valence-corrected chi connectivity index (χ0v) is 11.3. The molecule has 1 atom stereocenters. The minimum atomic E-state index is -0.0921. The number of aliphatic hydroxyl groups excluding tert-OH is 1. The van der Waals surface area contributed by atoms with Gasteiger partial charge in [0.1, 0.15) is 0 Å². The summed E-state index contributed by atoms with van der Waals surface area (Å²) in [7, 11) is 0. The molecule has 0 aliphatic rings. The molecule has 1 heterocycles. The lowest BCUT2D eigenvalue weighted by Gasteiger charge is -2.26. The fourth-order valence-corrected chi connectivity index (χ4v) is 1.64. The van der Waals surface area contributed by atoms with Crippen molar-refractivity contribution >= 4 is 5.69 Å². The molecule has 1 aromatic heterocycles. The Morgan fingerprint density at radius 1 is 1.32 bits per heavy atom. The number of hydrogen-bond donors (Lipinski definition) is 2. The molecule has 0 aliphatic carbocycles. The van der Waals surface area contributed by atoms with Gasteiger partial charge in [-0.15, -0.1) is 10.2 Å². The fraction of sp³-hybridized carbons (Fsp3) is 0.429. The van der Waals surface area contributed by atoms with Crippen molar-refractivity contribution in [3.8, 4) is 11.5 Å². The molecule has 0 radical (unpaired) electrons. The molecule has 1 aromatic carbocycles. The maximum absolute atomic E-state index is 9.36. The van der Waals surface area contributed by atoms with Crippen LogP contribution in [-0.4, -0.2) is 28.5 Å². The predicted octanol–water partition coefficient (Wildman–Crippen LogP) is 2.56. The minimum absolute atomic E-state index is 0.0921. The summed E-state index contributed by atoms with van der Waals surface area (Å²) >= 11 is 0. The van der Waals surface area contributed by atoms with Crippen molar-refractivity contribution in [1.82, 2.24) is 10.2 Å². The molecule has 2 aromatic rings. The molecule has 0 aliphatic heterocycles. The van der Waals surface area contributed by atoms with Gasteiger partial charge in [-0.1, -0.05) is 13.8 Å². The monoisotopic (exact) mass is 261 g/mol. The van der Waals surface area contributed by atoms with Crippen LogP contribution in [0.25, 0.3) is 11.5 Å². The Kier molecular flexibility index (Phi) is 4.16. The summed E-state index contributed by atoms with van der Waals surface area (Å²) in [5.41, 5.74) is 1.81. The standard InChI is InChI=1S/C14H19N3O2/c1-3-14(2,9-18)8-15-12-6-4-11(5-7-12)13-17-16-10-19-13/h4-7,10,15,18H,3,8-9H2,1-2H3. The van der Waals surface area contributed by atoms with Gasteiger partial charge in [-0.25, -0.2) is 0 Å². The summed E-state index contributed by atoms with van der Waals surface area (Å²) in [6.45, 7) is 5.06. The molecule has 0 spiro atoms. The Balaban J connectivity index is 2.00. The van der Waals surface area contributed by atoms with E-state index in [2.05, 4.69) is 29.4 Å². The summed E-state index contributed by atoms with van der Waals surface area (Å²) in [4.78, 5) is 0. The van der Waals surface area contributed by atoms with Gasteiger partial charge in [-0.3, -0.25) is 0 Å². The predicted molar refractivity (Wildman–Crippen MR) is 73.7 cm³/mol. The first-order valence-electron chi connectivity index (χ1n) is 6.38. The second kappa shape index (κ2) is 5.84. The second-order valence-electron chi connectivity index (χ2n) is 5.00. The van der Waals surface area contributed by atoms with Crippen molar-refractivity contribution in [2.24, 2.45) is 5.41 Å². The van der Waals surface area contributed by atoms with E-state index in [-0.39, 0.29) is 12.0 Å². The van der Waals surface area contributed by atoms with E-state index in [9.17, 15) is 5.11 Å². The highest BCUT2D eigenvalue weighted by Gasteiger charge is 2.20. The second-order valence-corrected chi connectivity index (χ2v) is 5.00. The number of rotatable bonds is 6. The summed E-state index contributed by atoms with van der Waals surface area (Å²) in [6.07, 6.45) is 2.24. The third kappa shape index (κ3) is 3.32. The molecule has 5 nitrogen and oxygen atoms in total. The first-order chi connectivity index (χ1) is 9.17. The van der Waals surface area contributed by atoms with Crippen LogP contribution in [0.3, 0.4) is 0 Å². The van der Waals surface area contributed by atoms with Gasteiger partial charge in [0.25, 0.3) is 0 Å². The van der Waals surface area contributed by atoms with E-state index in [1.54, 1.807) is 0 Å². The van der Waals surface area contributed by atoms with Gasteiger partial charge >= 0.3 is 0 Å². The number of anilines is 1. The number of benzene rings is 1. The van der Waals surface area contributed by atoms with Gasteiger partial charge in [-0.2, -0.15) is 0 Å². The topological polar surface area (TPSA) is 71.2 Å². The van der Waals surface area contributed by atoms with Gasteiger partial charge in [0.05, 0.1) is 6.61 Å². The third-order valence-corrected chi connectivity index (χ3v) is 3.45. The minimum Gasteiger partial charge on any atom is -0.423 e. The van der Waals surface area contributed by atoms with Crippen LogP contribution in [-0.2, 0) is 0 Å². The van der Waals surface area contributed by atoms with Crippen molar-refractivity contribution in [1.29, 1.82) is 0 Å². The van der Waals surface area contributed by atoms with Crippen molar-refractivity contribution < 1.29 is 9.52 Å². The van der Waals surface area contributed by atoms with E-state index in [4.69, 9.17) is 4.42 Å². The molecule has 0 bridgehead atoms. The van der Waals surface area contributed by atoms with E-state index < -0.39 is 0 Å². The van der Waals surface area contributed by atoms with E-state index in [0.29, 0.717) is 5.89 Å². The van der Waals surface area contributed by atoms with E-state index in [1.165, 1.54) is 6.39 Å². The van der Waals surface area contributed by atoms with Crippen LogP contribution in [0, 0.1) is 5.41 Å². The average molecular weight is 261 g/mol. The molecule has 0 fully saturated rings. The Morgan fingerprint density at radius 2 is 2.05 bits per heavy atom. The molecular formula is C14H19N3O2. The summed E-state index contributed by atoms with van der Waals surface area (Å²) in [5, 5.41) is 20.2. The summed E-state index contributed by atoms with van der Waals surface area (Å²) in [5.74, 6) is 0.514. The summed E-state index contributed by atoms with van der Waals surface area (Å²) in [6, 6.07) is 7.79. The molecule has 0 saturated carbocycles. The van der Waals surface area contributed by atoms with Gasteiger partial charge < -0.3 is 14.8 Å². The van der Waals surface area contributed by atoms with Crippen LogP contribution >= 0.6 is 0 Å². The largest absolute Gasteiger partial charge is 0.423 e. The van der Waals surface area contributed by atoms with Crippen LogP contribution in [0.4, 0.5) is 5.69 Å². The lowest BCUT2D eigenvalue weighted by Crippen LogP contribution is -2.29. The first kappa shape index (κ1) is 13.5. The Bertz CT molecular complexity index is 490. The normalized spacial score (nSPS) is 14.1. The zero-order chi connectivity index (χ0) is 13.7. The van der Waals surface area contributed by atoms with Crippen molar-refractivity contribution in [3.63, 3.8) is 0 Å². The summed E-state index contributed by atoms with van der Waals surface area (Å²) < 4.78 is 5.13. The molecule has 2 N–H and O–H groups in total. The fourth-order valence-electron chi connectivity index (χ4n) is 1.64. The van der Waals surface area contributed by atoms with Gasteiger partial charge in [0.15, 0.2) is 0 Å². The zero-order valence-electron chi connectivity index (χ0n) is 11.3. The maximum atomic E-state index is 9.36. The third-order valence-electron chi connectivity index (χ3n) is 3.45. The molecule has 5 heteroatoms. The highest BCUT2D eigenvalue weighted by molar-refractivity contribution is 5.58. The van der Waals surface area contributed by atoms with E-state index in [1.807, 2.05) is 24.3 Å². The van der Waals surface area contributed by atoms with Crippen LogP contribution in [0.15, 0.2) is 35.1 Å². The molecule has 19 heavy (non-hydrogen) atoms. The van der Waals surface area contributed by atoms with Crippen LogP contribution < -0.4 is 5.32 Å². The molecule has 0 amide bonds. The van der Waals surface area contributed by atoms with Crippen LogP contribution in [0.5, 0.6) is 0 Å². The smallest absolute Gasteiger partial charge is 0.247 e. The number of aromatic nitrogens is 2. The van der Waals surface area contributed by atoms with E-state index >= 15 is 0 Å². The van der Waals surface area contributed by atoms with Crippen LogP contribution in [0.2, 0.25) is 0 Å². The quantitative estimate of drug-likeness (QED) is 0.836. The molecule has 2 rings (SSSR count). The van der Waals surface area contributed by atoms with Crippen molar-refractivity contribution in [3.05, 3.63) is 30.7 Å². The van der Waals surface area contributed by atoms with E-state index in [0.717, 1.165) is 24.2 Å². The molecule has 0 saturated heterocycles. The van der Waals surface area contributed by atoms with Crippen molar-refractivity contribution in [2.45, 2.75) is 20.3 Å². The molecule has 102 valence electrons. The number of hydrogen-bond acceptors (Lipinski definition) is 5. The number of nitrogens with zero attached hydrogens (tertiary/aromatic N) is 2. The van der Waals surface area contributed by atoms with Gasteiger partial charge in [-0.05, 0) is 30.7 Å². The Hall–Kier alpha value is -1.88. The SMILES string of the molecule is CCC(C)(CO)CNc1ccc(-c2nnco2)cc1. The molecule has 1 unspecified atom stereocenters. The Labute approximate surface area is 112 Å². The van der Waals surface area contributed by atoms with Crippen LogP contribution in [0.1, 0.15) is 20.3 Å². The van der Waals surface area contributed by atoms with Gasteiger partial charge in [0.2, 0.25) is 12.3 Å². The highest BCUT2D eigenvalue weighted by atomic mass is 16.4. The molecular weight excluding hydrogens is 242 g/mol. The Morgan fingerprint density at radius 3 is 2.58 bits per heavy atom. The van der Waals surface area contributed by atoms with Gasteiger partial charge in [0, 0.05) is 23.2 Å². The first-order valence-corrected chi connectivity index (χ1v) is 6.38. The lowest BCUT2D eigenvalue weighted by molar-refractivity contribution is 0.149. The number of nitrogens with one attached hydrogen (secondary N) is 1. The maximum Gasteiger partial charge on any atom is 0.247 e. The van der Waals surface area contributed by atoms with Crippen molar-refractivity contribution in [2.75, 3.05) is 18.5 Å². The highest BCUT2D eigenvalue weighted by Crippen LogP contribution is 2.23. The average Bonchev–Trinajstić information content (AvgIpc) is 2.99.